The van der Waals surface area contributed by atoms with Crippen LogP contribution >= 0.6 is 0 Å². The number of anilines is 2. The highest BCUT2D eigenvalue weighted by atomic mass is 16.5. The molecule has 104 valence electrons. The molecule has 1 aliphatic heterocycles. The molecule has 1 atom stereocenters. The molecule has 0 amide bonds. The van der Waals surface area contributed by atoms with Crippen LogP contribution in [0.5, 0.6) is 0 Å². The molecule has 3 heterocycles. The Labute approximate surface area is 117 Å². The van der Waals surface area contributed by atoms with Gasteiger partial charge in [0, 0.05) is 24.5 Å². The Kier molecular flexibility index (Phi) is 3.47. The van der Waals surface area contributed by atoms with E-state index in [9.17, 15) is 0 Å². The van der Waals surface area contributed by atoms with E-state index in [-0.39, 0.29) is 0 Å². The third kappa shape index (κ3) is 2.55. The smallest absolute Gasteiger partial charge is 0.161 e. The van der Waals surface area contributed by atoms with Crippen molar-refractivity contribution in [3.63, 3.8) is 0 Å². The van der Waals surface area contributed by atoms with Gasteiger partial charge in [-0.05, 0) is 25.1 Å². The minimum absolute atomic E-state index is 0.314. The van der Waals surface area contributed by atoms with Gasteiger partial charge in [-0.25, -0.2) is 15.0 Å². The quantitative estimate of drug-likeness (QED) is 0.888. The lowest BCUT2D eigenvalue weighted by Crippen LogP contribution is -2.44. The number of rotatable bonds is 2. The molecule has 0 radical (unpaired) electrons. The molecule has 1 unspecified atom stereocenters. The van der Waals surface area contributed by atoms with E-state index in [1.807, 2.05) is 12.1 Å². The SMILES string of the molecule is CC1COCCN1c1ccnc(-c2ccnc(N)c2)n1. The van der Waals surface area contributed by atoms with E-state index in [2.05, 4.69) is 26.8 Å². The zero-order chi connectivity index (χ0) is 13.9. The summed E-state index contributed by atoms with van der Waals surface area (Å²) in [5, 5.41) is 0. The van der Waals surface area contributed by atoms with Gasteiger partial charge in [0.15, 0.2) is 5.82 Å². The van der Waals surface area contributed by atoms with Crippen molar-refractivity contribution in [2.45, 2.75) is 13.0 Å². The highest BCUT2D eigenvalue weighted by molar-refractivity contribution is 5.60. The Hall–Kier alpha value is -2.21. The summed E-state index contributed by atoms with van der Waals surface area (Å²) in [4.78, 5) is 15.2. The summed E-state index contributed by atoms with van der Waals surface area (Å²) in [6, 6.07) is 5.88. The van der Waals surface area contributed by atoms with E-state index >= 15 is 0 Å². The van der Waals surface area contributed by atoms with Crippen LogP contribution < -0.4 is 10.6 Å². The molecule has 0 aromatic carbocycles. The second-order valence-corrected chi connectivity index (χ2v) is 4.83. The number of hydrogen-bond donors (Lipinski definition) is 1. The van der Waals surface area contributed by atoms with Crippen LogP contribution in [0.15, 0.2) is 30.6 Å². The van der Waals surface area contributed by atoms with Gasteiger partial charge in [-0.15, -0.1) is 0 Å². The Bertz CT molecular complexity index is 604. The molecule has 0 saturated carbocycles. The first kappa shape index (κ1) is 12.8. The lowest BCUT2D eigenvalue weighted by Gasteiger charge is -2.34. The molecular weight excluding hydrogens is 254 g/mol. The van der Waals surface area contributed by atoms with Crippen molar-refractivity contribution in [1.82, 2.24) is 15.0 Å². The first-order valence-corrected chi connectivity index (χ1v) is 6.63. The average molecular weight is 271 g/mol. The molecule has 2 aromatic heterocycles. The number of nitrogen functional groups attached to an aromatic ring is 1. The maximum Gasteiger partial charge on any atom is 0.161 e. The van der Waals surface area contributed by atoms with Crippen LogP contribution in [0, 0.1) is 0 Å². The molecule has 6 heteroatoms. The molecule has 0 aliphatic carbocycles. The van der Waals surface area contributed by atoms with Crippen LogP contribution in [0.2, 0.25) is 0 Å². The number of nitrogens with zero attached hydrogens (tertiary/aromatic N) is 4. The highest BCUT2D eigenvalue weighted by Gasteiger charge is 2.20. The van der Waals surface area contributed by atoms with Gasteiger partial charge in [-0.3, -0.25) is 0 Å². The molecule has 2 N–H and O–H groups in total. The number of nitrogens with two attached hydrogens (primary N) is 1. The van der Waals surface area contributed by atoms with E-state index in [1.165, 1.54) is 0 Å². The zero-order valence-corrected chi connectivity index (χ0v) is 11.4. The predicted molar refractivity (Wildman–Crippen MR) is 77.3 cm³/mol. The average Bonchev–Trinajstić information content (AvgIpc) is 2.48. The normalized spacial score (nSPS) is 19.1. The first-order chi connectivity index (χ1) is 9.74. The molecular formula is C14H17N5O. The topological polar surface area (TPSA) is 77.2 Å². The molecule has 0 bridgehead atoms. The summed E-state index contributed by atoms with van der Waals surface area (Å²) in [5.41, 5.74) is 6.58. The molecule has 1 aliphatic rings. The van der Waals surface area contributed by atoms with Crippen LogP contribution in [0.25, 0.3) is 11.4 Å². The third-order valence-corrected chi connectivity index (χ3v) is 3.34. The lowest BCUT2D eigenvalue weighted by molar-refractivity contribution is 0.0985. The van der Waals surface area contributed by atoms with Gasteiger partial charge in [0.25, 0.3) is 0 Å². The largest absolute Gasteiger partial charge is 0.384 e. The molecule has 6 nitrogen and oxygen atoms in total. The van der Waals surface area contributed by atoms with Crippen molar-refractivity contribution in [2.24, 2.45) is 0 Å². The zero-order valence-electron chi connectivity index (χ0n) is 11.4. The Morgan fingerprint density at radius 2 is 2.15 bits per heavy atom. The van der Waals surface area contributed by atoms with E-state index in [4.69, 9.17) is 10.5 Å². The minimum atomic E-state index is 0.314. The van der Waals surface area contributed by atoms with Crippen molar-refractivity contribution in [2.75, 3.05) is 30.4 Å². The maximum absolute atomic E-state index is 5.71. The van der Waals surface area contributed by atoms with Crippen LogP contribution in [0.4, 0.5) is 11.6 Å². The Morgan fingerprint density at radius 3 is 2.95 bits per heavy atom. The van der Waals surface area contributed by atoms with E-state index in [1.54, 1.807) is 18.5 Å². The van der Waals surface area contributed by atoms with Gasteiger partial charge < -0.3 is 15.4 Å². The fraction of sp³-hybridized carbons (Fsp3) is 0.357. The van der Waals surface area contributed by atoms with E-state index in [0.717, 1.165) is 31.1 Å². The fourth-order valence-electron chi connectivity index (χ4n) is 2.30. The second kappa shape index (κ2) is 5.42. The molecule has 20 heavy (non-hydrogen) atoms. The maximum atomic E-state index is 5.71. The van der Waals surface area contributed by atoms with Gasteiger partial charge >= 0.3 is 0 Å². The van der Waals surface area contributed by atoms with Crippen LogP contribution in [-0.2, 0) is 4.74 Å². The molecule has 1 fully saturated rings. The van der Waals surface area contributed by atoms with Crippen molar-refractivity contribution in [1.29, 1.82) is 0 Å². The standard InChI is InChI=1S/C14H17N5O/c1-10-9-20-7-6-19(10)13-3-5-17-14(18-13)11-2-4-16-12(15)8-11/h2-5,8,10H,6-7,9H2,1H3,(H2,15,16). The summed E-state index contributed by atoms with van der Waals surface area (Å²) in [6.45, 7) is 4.43. The molecule has 3 rings (SSSR count). The third-order valence-electron chi connectivity index (χ3n) is 3.34. The van der Waals surface area contributed by atoms with Gasteiger partial charge in [0.2, 0.25) is 0 Å². The highest BCUT2D eigenvalue weighted by Crippen LogP contribution is 2.21. The molecule has 2 aromatic rings. The lowest BCUT2D eigenvalue weighted by atomic mass is 10.2. The van der Waals surface area contributed by atoms with Crippen molar-refractivity contribution < 1.29 is 4.74 Å². The Balaban J connectivity index is 1.93. The summed E-state index contributed by atoms with van der Waals surface area (Å²) >= 11 is 0. The van der Waals surface area contributed by atoms with Crippen LogP contribution in [0.3, 0.4) is 0 Å². The second-order valence-electron chi connectivity index (χ2n) is 4.83. The van der Waals surface area contributed by atoms with Gasteiger partial charge in [0.1, 0.15) is 11.6 Å². The number of pyridine rings is 1. The van der Waals surface area contributed by atoms with Crippen LogP contribution in [0.1, 0.15) is 6.92 Å². The molecule has 0 spiro atoms. The number of aromatic nitrogens is 3. The van der Waals surface area contributed by atoms with Crippen molar-refractivity contribution in [3.05, 3.63) is 30.6 Å². The van der Waals surface area contributed by atoms with Crippen LogP contribution in [-0.4, -0.2) is 40.8 Å². The Morgan fingerprint density at radius 1 is 1.30 bits per heavy atom. The monoisotopic (exact) mass is 271 g/mol. The molecule has 1 saturated heterocycles. The van der Waals surface area contributed by atoms with Gasteiger partial charge in [-0.2, -0.15) is 0 Å². The van der Waals surface area contributed by atoms with Crippen molar-refractivity contribution in [3.8, 4) is 11.4 Å². The van der Waals surface area contributed by atoms with E-state index < -0.39 is 0 Å². The minimum Gasteiger partial charge on any atom is -0.384 e. The summed E-state index contributed by atoms with van der Waals surface area (Å²) in [6.07, 6.45) is 3.44. The van der Waals surface area contributed by atoms with Crippen molar-refractivity contribution >= 4 is 11.6 Å². The fourth-order valence-corrected chi connectivity index (χ4v) is 2.30. The summed E-state index contributed by atoms with van der Waals surface area (Å²) < 4.78 is 5.45. The van der Waals surface area contributed by atoms with Gasteiger partial charge in [-0.1, -0.05) is 0 Å². The predicted octanol–water partition coefficient (Wildman–Crippen LogP) is 1.35. The number of hydrogen-bond acceptors (Lipinski definition) is 6. The number of ether oxygens (including phenoxy) is 1. The number of morpholine rings is 1. The summed E-state index contributed by atoms with van der Waals surface area (Å²) in [5.74, 6) is 2.05. The van der Waals surface area contributed by atoms with E-state index in [0.29, 0.717) is 17.7 Å². The van der Waals surface area contributed by atoms with Gasteiger partial charge in [0.05, 0.1) is 19.3 Å². The summed E-state index contributed by atoms with van der Waals surface area (Å²) in [7, 11) is 0. The first-order valence-electron chi connectivity index (χ1n) is 6.63.